The molecule has 8 heteroatoms. The Hall–Kier alpha value is -1.44. The van der Waals surface area contributed by atoms with Gasteiger partial charge in [-0.3, -0.25) is 10.1 Å². The number of halogens is 1. The Bertz CT molecular complexity index is 413. The van der Waals surface area contributed by atoms with Gasteiger partial charge in [0.05, 0.1) is 16.0 Å². The van der Waals surface area contributed by atoms with E-state index in [-0.39, 0.29) is 17.3 Å². The van der Waals surface area contributed by atoms with Gasteiger partial charge in [-0.05, 0) is 6.92 Å². The second kappa shape index (κ2) is 5.76. The summed E-state index contributed by atoms with van der Waals surface area (Å²) in [4.78, 5) is 13.7. The Balaban J connectivity index is 2.70. The fourth-order valence-corrected chi connectivity index (χ4v) is 1.27. The van der Waals surface area contributed by atoms with Gasteiger partial charge in [-0.25, -0.2) is 4.98 Å². The number of anilines is 1. The fourth-order valence-electron chi connectivity index (χ4n) is 1.04. The number of aliphatic hydroxyl groups excluding tert-OH is 1. The third kappa shape index (κ3) is 3.81. The summed E-state index contributed by atoms with van der Waals surface area (Å²) in [5.74, 6) is 0.299. The van der Waals surface area contributed by atoms with Crippen LogP contribution < -0.4 is 11.1 Å². The van der Waals surface area contributed by atoms with E-state index in [1.165, 1.54) is 6.07 Å². The smallest absolute Gasteiger partial charge is 0.289 e. The molecule has 1 rings (SSSR count). The first-order valence-electron chi connectivity index (χ1n) is 4.89. The number of rotatable bonds is 5. The standard InChI is InChI=1S/C9H13ClN4O3/c1-5(15)8(11)4-13-9-7(10)2-6(3-12-9)14(16)17/h2-3,5,8,15H,4,11H2,1H3,(H,12,13). The molecule has 94 valence electrons. The lowest BCUT2D eigenvalue weighted by Crippen LogP contribution is -2.38. The zero-order valence-electron chi connectivity index (χ0n) is 9.13. The number of nitrogens with one attached hydrogen (secondary N) is 1. The van der Waals surface area contributed by atoms with Crippen molar-refractivity contribution in [2.24, 2.45) is 5.73 Å². The highest BCUT2D eigenvalue weighted by Crippen LogP contribution is 2.23. The van der Waals surface area contributed by atoms with Crippen LogP contribution in [0.5, 0.6) is 0 Å². The fraction of sp³-hybridized carbons (Fsp3) is 0.444. The number of nitrogens with zero attached hydrogens (tertiary/aromatic N) is 2. The second-order valence-corrected chi connectivity index (χ2v) is 3.97. The molecule has 0 aliphatic heterocycles. The summed E-state index contributed by atoms with van der Waals surface area (Å²) in [6.07, 6.45) is 0.432. The first kappa shape index (κ1) is 13.6. The molecule has 0 radical (unpaired) electrons. The van der Waals surface area contributed by atoms with Crippen LogP contribution in [-0.2, 0) is 0 Å². The van der Waals surface area contributed by atoms with Crippen molar-refractivity contribution in [3.05, 3.63) is 27.4 Å². The summed E-state index contributed by atoms with van der Waals surface area (Å²) in [5.41, 5.74) is 5.42. The Morgan fingerprint density at radius 2 is 2.41 bits per heavy atom. The quantitative estimate of drug-likeness (QED) is 0.532. The molecule has 7 nitrogen and oxygen atoms in total. The Kier molecular flexibility index (Phi) is 4.62. The average Bonchev–Trinajstić information content (AvgIpc) is 2.26. The normalized spacial score (nSPS) is 14.1. The lowest BCUT2D eigenvalue weighted by Gasteiger charge is -2.15. The van der Waals surface area contributed by atoms with Crippen LogP contribution in [0, 0.1) is 10.1 Å². The first-order valence-corrected chi connectivity index (χ1v) is 5.27. The van der Waals surface area contributed by atoms with Gasteiger partial charge in [0.2, 0.25) is 0 Å². The van der Waals surface area contributed by atoms with Gasteiger partial charge in [0.25, 0.3) is 5.69 Å². The van der Waals surface area contributed by atoms with Gasteiger partial charge in [0.15, 0.2) is 0 Å². The minimum Gasteiger partial charge on any atom is -0.392 e. The maximum absolute atomic E-state index is 10.5. The van der Waals surface area contributed by atoms with Crippen LogP contribution in [0.1, 0.15) is 6.92 Å². The van der Waals surface area contributed by atoms with Crippen molar-refractivity contribution in [3.8, 4) is 0 Å². The molecule has 0 aromatic carbocycles. The van der Waals surface area contributed by atoms with Crippen molar-refractivity contribution in [2.75, 3.05) is 11.9 Å². The summed E-state index contributed by atoms with van der Waals surface area (Å²) in [7, 11) is 0. The van der Waals surface area contributed by atoms with Gasteiger partial charge < -0.3 is 16.2 Å². The molecular formula is C9H13ClN4O3. The maximum Gasteiger partial charge on any atom is 0.289 e. The summed E-state index contributed by atoms with van der Waals surface area (Å²) in [6.45, 7) is 1.83. The number of nitrogens with two attached hydrogens (primary N) is 1. The average molecular weight is 261 g/mol. The SMILES string of the molecule is CC(O)C(N)CNc1ncc([N+](=O)[O-])cc1Cl. The molecule has 0 spiro atoms. The topological polar surface area (TPSA) is 114 Å². The molecule has 0 aliphatic rings. The largest absolute Gasteiger partial charge is 0.392 e. The van der Waals surface area contributed by atoms with Crippen LogP contribution in [0.3, 0.4) is 0 Å². The molecule has 0 fully saturated rings. The summed E-state index contributed by atoms with van der Waals surface area (Å²) in [5, 5.41) is 22.6. The monoisotopic (exact) mass is 260 g/mol. The number of aromatic nitrogens is 1. The zero-order valence-corrected chi connectivity index (χ0v) is 9.89. The van der Waals surface area contributed by atoms with E-state index in [9.17, 15) is 15.2 Å². The second-order valence-electron chi connectivity index (χ2n) is 3.57. The maximum atomic E-state index is 10.5. The van der Waals surface area contributed by atoms with Crippen molar-refractivity contribution < 1.29 is 10.0 Å². The van der Waals surface area contributed by atoms with Crippen molar-refractivity contribution in [3.63, 3.8) is 0 Å². The van der Waals surface area contributed by atoms with Crippen LogP contribution in [-0.4, -0.2) is 33.7 Å². The molecule has 0 amide bonds. The van der Waals surface area contributed by atoms with Crippen molar-refractivity contribution >= 4 is 23.1 Å². The zero-order chi connectivity index (χ0) is 13.0. The van der Waals surface area contributed by atoms with Gasteiger partial charge in [0.1, 0.15) is 12.0 Å². The molecule has 2 atom stereocenters. The van der Waals surface area contributed by atoms with Crippen LogP contribution in [0.4, 0.5) is 11.5 Å². The molecule has 0 saturated carbocycles. The van der Waals surface area contributed by atoms with E-state index in [4.69, 9.17) is 17.3 Å². The van der Waals surface area contributed by atoms with Crippen molar-refractivity contribution in [1.82, 2.24) is 4.98 Å². The molecule has 2 unspecified atom stereocenters. The van der Waals surface area contributed by atoms with E-state index in [0.717, 1.165) is 6.20 Å². The molecule has 0 bridgehead atoms. The van der Waals surface area contributed by atoms with E-state index in [1.807, 2.05) is 0 Å². The van der Waals surface area contributed by atoms with Gasteiger partial charge >= 0.3 is 0 Å². The lowest BCUT2D eigenvalue weighted by molar-refractivity contribution is -0.385. The van der Waals surface area contributed by atoms with Crippen LogP contribution in [0.2, 0.25) is 5.02 Å². The van der Waals surface area contributed by atoms with E-state index in [1.54, 1.807) is 6.92 Å². The van der Waals surface area contributed by atoms with Crippen LogP contribution >= 0.6 is 11.6 Å². The number of hydrogen-bond acceptors (Lipinski definition) is 6. The highest BCUT2D eigenvalue weighted by atomic mass is 35.5. The van der Waals surface area contributed by atoms with E-state index >= 15 is 0 Å². The van der Waals surface area contributed by atoms with Gasteiger partial charge in [0, 0.05) is 18.7 Å². The van der Waals surface area contributed by atoms with E-state index in [2.05, 4.69) is 10.3 Å². The van der Waals surface area contributed by atoms with Crippen LogP contribution in [0.25, 0.3) is 0 Å². The number of hydrogen-bond donors (Lipinski definition) is 3. The van der Waals surface area contributed by atoms with Gasteiger partial charge in [-0.2, -0.15) is 0 Å². The van der Waals surface area contributed by atoms with Crippen molar-refractivity contribution in [2.45, 2.75) is 19.1 Å². The van der Waals surface area contributed by atoms with Gasteiger partial charge in [-0.15, -0.1) is 0 Å². The van der Waals surface area contributed by atoms with E-state index < -0.39 is 17.1 Å². The predicted octanol–water partition coefficient (Wildman–Crippen LogP) is 0.763. The number of aliphatic hydroxyl groups is 1. The lowest BCUT2D eigenvalue weighted by atomic mass is 10.2. The molecule has 4 N–H and O–H groups in total. The number of pyridine rings is 1. The third-order valence-electron chi connectivity index (χ3n) is 2.16. The highest BCUT2D eigenvalue weighted by Gasteiger charge is 2.13. The molecule has 1 heterocycles. The molecule has 17 heavy (non-hydrogen) atoms. The van der Waals surface area contributed by atoms with Crippen molar-refractivity contribution in [1.29, 1.82) is 0 Å². The Labute approximate surface area is 103 Å². The summed E-state index contributed by atoms with van der Waals surface area (Å²) < 4.78 is 0. The molecule has 0 aliphatic carbocycles. The minimum absolute atomic E-state index is 0.136. The summed E-state index contributed by atoms with van der Waals surface area (Å²) >= 11 is 5.80. The Morgan fingerprint density at radius 3 is 2.88 bits per heavy atom. The molecule has 1 aromatic heterocycles. The third-order valence-corrected chi connectivity index (χ3v) is 2.45. The highest BCUT2D eigenvalue weighted by molar-refractivity contribution is 6.33. The molecule has 0 saturated heterocycles. The Morgan fingerprint density at radius 1 is 1.76 bits per heavy atom. The molecular weight excluding hydrogens is 248 g/mol. The van der Waals surface area contributed by atoms with E-state index in [0.29, 0.717) is 5.82 Å². The minimum atomic E-state index is -0.667. The van der Waals surface area contributed by atoms with Gasteiger partial charge in [-0.1, -0.05) is 11.6 Å². The summed E-state index contributed by atoms with van der Waals surface area (Å²) in [6, 6.07) is 0.730. The molecule has 1 aromatic rings. The number of nitro groups is 1. The predicted molar refractivity (Wildman–Crippen MR) is 64.0 cm³/mol. The van der Waals surface area contributed by atoms with Crippen LogP contribution in [0.15, 0.2) is 12.3 Å². The first-order chi connectivity index (χ1) is 7.91.